The lowest BCUT2D eigenvalue weighted by Crippen LogP contribution is -1.97. The van der Waals surface area contributed by atoms with E-state index in [4.69, 9.17) is 5.11 Å². The Balaban J connectivity index is 2.01. The van der Waals surface area contributed by atoms with Crippen molar-refractivity contribution < 1.29 is 9.90 Å². The van der Waals surface area contributed by atoms with Gasteiger partial charge in [0.1, 0.15) is 6.33 Å². The number of halogens is 1. The number of aromatic nitrogens is 3. The number of carbonyl (C=O) groups is 1. The van der Waals surface area contributed by atoms with Crippen LogP contribution in [-0.2, 0) is 0 Å². The van der Waals surface area contributed by atoms with Gasteiger partial charge >= 0.3 is 5.97 Å². The summed E-state index contributed by atoms with van der Waals surface area (Å²) in [6, 6.07) is 14.2. The smallest absolute Gasteiger partial charge is 0.335 e. The van der Waals surface area contributed by atoms with Gasteiger partial charge in [-0.3, -0.25) is 0 Å². The number of carboxylic acid groups (broad SMARTS) is 1. The monoisotopic (exact) mass is 343 g/mol. The number of hydrogen-bond donors (Lipinski definition) is 1. The third-order valence-electron chi connectivity index (χ3n) is 2.96. The van der Waals surface area contributed by atoms with Gasteiger partial charge in [0.2, 0.25) is 0 Å². The van der Waals surface area contributed by atoms with Gasteiger partial charge in [0.05, 0.1) is 11.3 Å². The molecule has 1 N–H and O–H groups in total. The summed E-state index contributed by atoms with van der Waals surface area (Å²) in [5.41, 5.74) is 1.75. The lowest BCUT2D eigenvalue weighted by atomic mass is 10.1. The summed E-state index contributed by atoms with van der Waals surface area (Å²) < 4.78 is 2.55. The maximum absolute atomic E-state index is 11.0. The second-order valence-corrected chi connectivity index (χ2v) is 5.20. The van der Waals surface area contributed by atoms with Gasteiger partial charge in [-0.15, -0.1) is 5.10 Å². The summed E-state index contributed by atoms with van der Waals surface area (Å²) in [5.74, 6) is -0.490. The molecule has 3 rings (SSSR count). The van der Waals surface area contributed by atoms with E-state index >= 15 is 0 Å². The van der Waals surface area contributed by atoms with Crippen molar-refractivity contribution in [1.82, 2.24) is 14.8 Å². The predicted molar refractivity (Wildman–Crippen MR) is 81.5 cm³/mol. The fourth-order valence-corrected chi connectivity index (χ4v) is 2.41. The van der Waals surface area contributed by atoms with Crippen molar-refractivity contribution >= 4 is 21.9 Å². The van der Waals surface area contributed by atoms with Gasteiger partial charge < -0.3 is 5.11 Å². The van der Waals surface area contributed by atoms with E-state index in [1.807, 2.05) is 24.3 Å². The molecule has 0 saturated heterocycles. The van der Waals surface area contributed by atoms with E-state index in [2.05, 4.69) is 26.0 Å². The van der Waals surface area contributed by atoms with Crippen molar-refractivity contribution in [3.63, 3.8) is 0 Å². The van der Waals surface area contributed by atoms with Crippen LogP contribution in [0.5, 0.6) is 0 Å². The van der Waals surface area contributed by atoms with Gasteiger partial charge in [0.25, 0.3) is 0 Å². The highest BCUT2D eigenvalue weighted by Crippen LogP contribution is 2.22. The van der Waals surface area contributed by atoms with Crippen molar-refractivity contribution in [2.75, 3.05) is 0 Å². The summed E-state index contributed by atoms with van der Waals surface area (Å²) in [6.45, 7) is 0. The van der Waals surface area contributed by atoms with E-state index in [0.717, 1.165) is 10.2 Å². The standard InChI is InChI=1S/C15H10BrN3O2/c16-12-6-1-2-7-13(12)19-9-17-14(18-19)10-4-3-5-11(8-10)15(20)21/h1-9H,(H,20,21). The van der Waals surface area contributed by atoms with Crippen molar-refractivity contribution in [2.24, 2.45) is 0 Å². The van der Waals surface area contributed by atoms with E-state index in [9.17, 15) is 4.79 Å². The van der Waals surface area contributed by atoms with Crippen molar-refractivity contribution in [2.45, 2.75) is 0 Å². The first-order valence-corrected chi connectivity index (χ1v) is 6.95. The molecule has 0 saturated carbocycles. The Morgan fingerprint density at radius 2 is 1.95 bits per heavy atom. The molecule has 104 valence electrons. The van der Waals surface area contributed by atoms with Crippen LogP contribution in [0.1, 0.15) is 10.4 Å². The highest BCUT2D eigenvalue weighted by molar-refractivity contribution is 9.10. The predicted octanol–water partition coefficient (Wildman–Crippen LogP) is 3.40. The Morgan fingerprint density at radius 3 is 2.71 bits per heavy atom. The summed E-state index contributed by atoms with van der Waals surface area (Å²) in [6.07, 6.45) is 1.60. The lowest BCUT2D eigenvalue weighted by molar-refractivity contribution is 0.0697. The highest BCUT2D eigenvalue weighted by Gasteiger charge is 2.10. The fraction of sp³-hybridized carbons (Fsp3) is 0. The number of nitrogens with zero attached hydrogens (tertiary/aromatic N) is 3. The van der Waals surface area contributed by atoms with Crippen LogP contribution in [0.3, 0.4) is 0 Å². The van der Waals surface area contributed by atoms with Crippen LogP contribution in [-0.4, -0.2) is 25.8 Å². The molecule has 0 atom stereocenters. The first kappa shape index (κ1) is 13.5. The fourth-order valence-electron chi connectivity index (χ4n) is 1.94. The molecule has 1 aromatic heterocycles. The number of carboxylic acids is 1. The Morgan fingerprint density at radius 1 is 1.14 bits per heavy atom. The van der Waals surface area contributed by atoms with E-state index in [1.54, 1.807) is 29.2 Å². The molecule has 0 bridgehead atoms. The van der Waals surface area contributed by atoms with Crippen LogP contribution < -0.4 is 0 Å². The largest absolute Gasteiger partial charge is 0.478 e. The first-order chi connectivity index (χ1) is 10.1. The molecule has 0 radical (unpaired) electrons. The Bertz CT molecular complexity index is 814. The van der Waals surface area contributed by atoms with Gasteiger partial charge in [-0.05, 0) is 40.2 Å². The Hall–Kier alpha value is -2.47. The molecule has 0 fully saturated rings. The normalized spacial score (nSPS) is 10.5. The van der Waals surface area contributed by atoms with E-state index in [0.29, 0.717) is 11.4 Å². The van der Waals surface area contributed by atoms with Gasteiger partial charge in [-0.1, -0.05) is 24.3 Å². The van der Waals surface area contributed by atoms with Crippen molar-refractivity contribution in [3.05, 3.63) is 64.9 Å². The number of para-hydroxylation sites is 1. The zero-order chi connectivity index (χ0) is 14.8. The topological polar surface area (TPSA) is 68.0 Å². The zero-order valence-corrected chi connectivity index (χ0v) is 12.4. The van der Waals surface area contributed by atoms with Crippen molar-refractivity contribution in [3.8, 4) is 17.1 Å². The average Bonchev–Trinajstić information content (AvgIpc) is 2.97. The first-order valence-electron chi connectivity index (χ1n) is 6.15. The quantitative estimate of drug-likeness (QED) is 0.791. The molecule has 0 aliphatic rings. The zero-order valence-electron chi connectivity index (χ0n) is 10.8. The van der Waals surface area contributed by atoms with E-state index < -0.39 is 5.97 Å². The molecule has 0 aliphatic heterocycles. The Labute approximate surface area is 129 Å². The van der Waals surface area contributed by atoms with Crippen LogP contribution in [0.25, 0.3) is 17.1 Å². The molecular weight excluding hydrogens is 334 g/mol. The SMILES string of the molecule is O=C(O)c1cccc(-c2ncn(-c3ccccc3Br)n2)c1. The van der Waals surface area contributed by atoms with Gasteiger partial charge in [0.15, 0.2) is 5.82 Å². The number of rotatable bonds is 3. The molecule has 0 unspecified atom stereocenters. The van der Waals surface area contributed by atoms with Gasteiger partial charge in [-0.25, -0.2) is 14.5 Å². The Kier molecular flexibility index (Phi) is 3.53. The minimum atomic E-state index is -0.970. The summed E-state index contributed by atoms with van der Waals surface area (Å²) in [5, 5.41) is 13.4. The second kappa shape index (κ2) is 5.49. The van der Waals surface area contributed by atoms with E-state index in [1.165, 1.54) is 6.07 Å². The van der Waals surface area contributed by atoms with Crippen molar-refractivity contribution in [1.29, 1.82) is 0 Å². The molecule has 21 heavy (non-hydrogen) atoms. The molecule has 3 aromatic rings. The van der Waals surface area contributed by atoms with Crippen LogP contribution in [0, 0.1) is 0 Å². The highest BCUT2D eigenvalue weighted by atomic mass is 79.9. The summed E-state index contributed by atoms with van der Waals surface area (Å²) in [7, 11) is 0. The second-order valence-electron chi connectivity index (χ2n) is 4.35. The molecule has 6 heteroatoms. The number of aromatic carboxylic acids is 1. The molecule has 0 spiro atoms. The molecule has 2 aromatic carbocycles. The minimum Gasteiger partial charge on any atom is -0.478 e. The van der Waals surface area contributed by atoms with Crippen LogP contribution in [0.15, 0.2) is 59.3 Å². The van der Waals surface area contributed by atoms with Crippen LogP contribution >= 0.6 is 15.9 Å². The third kappa shape index (κ3) is 2.71. The molecular formula is C15H10BrN3O2. The summed E-state index contributed by atoms with van der Waals surface area (Å²) in [4.78, 5) is 15.2. The van der Waals surface area contributed by atoms with Gasteiger partial charge in [0, 0.05) is 10.0 Å². The number of benzene rings is 2. The lowest BCUT2D eigenvalue weighted by Gasteiger charge is -2.02. The number of hydrogen-bond acceptors (Lipinski definition) is 3. The third-order valence-corrected chi connectivity index (χ3v) is 3.63. The molecule has 1 heterocycles. The van der Waals surface area contributed by atoms with Crippen LogP contribution in [0.2, 0.25) is 0 Å². The maximum Gasteiger partial charge on any atom is 0.335 e. The van der Waals surface area contributed by atoms with Gasteiger partial charge in [-0.2, -0.15) is 0 Å². The van der Waals surface area contributed by atoms with E-state index in [-0.39, 0.29) is 5.56 Å². The average molecular weight is 344 g/mol. The van der Waals surface area contributed by atoms with Crippen LogP contribution in [0.4, 0.5) is 0 Å². The molecule has 0 amide bonds. The maximum atomic E-state index is 11.0. The minimum absolute atomic E-state index is 0.213. The molecule has 0 aliphatic carbocycles. The molecule has 5 nitrogen and oxygen atoms in total. The summed E-state index contributed by atoms with van der Waals surface area (Å²) >= 11 is 3.46.